The number of benzene rings is 4. The summed E-state index contributed by atoms with van der Waals surface area (Å²) in [6, 6.07) is 26.7. The molecule has 5 rings (SSSR count). The number of nitrogens with one attached hydrogen (secondary N) is 1. The Hall–Kier alpha value is -3.70. The Morgan fingerprint density at radius 2 is 1.58 bits per heavy atom. The number of carbonyl (C=O) groups is 2. The number of carbonyl (C=O) groups excluding carboxylic acids is 2. The van der Waals surface area contributed by atoms with E-state index in [0.717, 1.165) is 40.4 Å². The normalized spacial score (nSPS) is 13.8. The van der Waals surface area contributed by atoms with Crippen molar-refractivity contribution in [2.75, 3.05) is 23.7 Å². The van der Waals surface area contributed by atoms with E-state index >= 15 is 0 Å². The van der Waals surface area contributed by atoms with Gasteiger partial charge in [-0.25, -0.2) is 8.42 Å². The van der Waals surface area contributed by atoms with Gasteiger partial charge in [-0.2, -0.15) is 0 Å². The predicted molar refractivity (Wildman–Crippen MR) is 202 cm³/mol. The Labute approximate surface area is 309 Å². The molecule has 0 aromatic heterocycles. The summed E-state index contributed by atoms with van der Waals surface area (Å²) in [6.45, 7) is 1.73. The van der Waals surface area contributed by atoms with Crippen LogP contribution in [0.5, 0.6) is 5.75 Å². The highest BCUT2D eigenvalue weighted by atomic mass is 35.5. The second-order valence-electron chi connectivity index (χ2n) is 12.1. The van der Waals surface area contributed by atoms with E-state index in [1.165, 1.54) is 28.8 Å². The molecule has 1 unspecified atom stereocenters. The quantitative estimate of drug-likeness (QED) is 0.124. The molecule has 1 atom stereocenters. The minimum absolute atomic E-state index is 0.00712. The second kappa shape index (κ2) is 17.5. The van der Waals surface area contributed by atoms with Crippen LogP contribution in [0.3, 0.4) is 0 Å². The Morgan fingerprint density at radius 3 is 2.20 bits per heavy atom. The van der Waals surface area contributed by atoms with Crippen molar-refractivity contribution in [3.8, 4) is 5.75 Å². The molecule has 0 heterocycles. The van der Waals surface area contributed by atoms with E-state index in [-0.39, 0.29) is 35.5 Å². The van der Waals surface area contributed by atoms with Gasteiger partial charge >= 0.3 is 0 Å². The number of anilines is 1. The van der Waals surface area contributed by atoms with Gasteiger partial charge in [-0.1, -0.05) is 72.4 Å². The summed E-state index contributed by atoms with van der Waals surface area (Å²) in [6.07, 6.45) is 5.90. The molecule has 0 radical (unpaired) electrons. The molecule has 12 heteroatoms. The van der Waals surface area contributed by atoms with Gasteiger partial charge in [-0.05, 0) is 97.8 Å². The Morgan fingerprint density at radius 1 is 0.900 bits per heavy atom. The zero-order valence-electron chi connectivity index (χ0n) is 28.1. The largest absolute Gasteiger partial charge is 0.494 e. The highest BCUT2D eigenvalue weighted by Gasteiger charge is 2.35. The number of sulfonamides is 1. The van der Waals surface area contributed by atoms with Crippen molar-refractivity contribution in [3.63, 3.8) is 0 Å². The number of hydrogen-bond donors (Lipinski definition) is 1. The van der Waals surface area contributed by atoms with Crippen LogP contribution in [-0.4, -0.2) is 56.6 Å². The maximum atomic E-state index is 14.8. The summed E-state index contributed by atoms with van der Waals surface area (Å²) >= 11 is 14.1. The number of hydrogen-bond acceptors (Lipinski definition) is 6. The fraction of sp³-hybridized carbons (Fsp3) is 0.316. The van der Waals surface area contributed by atoms with Gasteiger partial charge in [0.05, 0.1) is 27.2 Å². The number of amides is 2. The summed E-state index contributed by atoms with van der Waals surface area (Å²) in [4.78, 5) is 31.4. The van der Waals surface area contributed by atoms with Crippen molar-refractivity contribution in [3.05, 3.63) is 118 Å². The topological polar surface area (TPSA) is 96.0 Å². The van der Waals surface area contributed by atoms with E-state index in [1.807, 2.05) is 43.5 Å². The van der Waals surface area contributed by atoms with E-state index in [4.69, 9.17) is 27.9 Å². The first-order valence-electron chi connectivity index (χ1n) is 16.6. The Kier molecular flexibility index (Phi) is 13.1. The standard InChI is InChI=1S/C38H41Cl2N3O5S2/c1-3-48-31-16-14-30(15-17-31)43(50(46,47)33-20-18-32(49-2)19-21-33)26-37(44)42(25-28-13-22-34(39)35(40)23-28)36(24-27-9-5-4-6-10-27)38(45)41-29-11-7-8-12-29/h4-6,9-10,13-23,29,36H,3,7-8,11-12,24-26H2,1-2H3,(H,41,45). The van der Waals surface area contributed by atoms with Gasteiger partial charge in [0.1, 0.15) is 18.3 Å². The van der Waals surface area contributed by atoms with Crippen LogP contribution < -0.4 is 14.4 Å². The number of halogens is 2. The van der Waals surface area contributed by atoms with Crippen LogP contribution in [0.4, 0.5) is 5.69 Å². The van der Waals surface area contributed by atoms with E-state index in [1.54, 1.807) is 54.6 Å². The highest BCUT2D eigenvalue weighted by molar-refractivity contribution is 7.98. The Bertz CT molecular complexity index is 1850. The number of rotatable bonds is 15. The molecule has 0 saturated heterocycles. The van der Waals surface area contributed by atoms with Gasteiger partial charge in [0.25, 0.3) is 10.0 Å². The van der Waals surface area contributed by atoms with Gasteiger partial charge in [-0.3, -0.25) is 13.9 Å². The lowest BCUT2D eigenvalue weighted by atomic mass is 10.0. The first-order valence-corrected chi connectivity index (χ1v) is 20.0. The third-order valence-electron chi connectivity index (χ3n) is 8.67. The first kappa shape index (κ1) is 37.6. The summed E-state index contributed by atoms with van der Waals surface area (Å²) in [5.74, 6) is -0.286. The van der Waals surface area contributed by atoms with Crippen molar-refractivity contribution < 1.29 is 22.7 Å². The summed E-state index contributed by atoms with van der Waals surface area (Å²) in [5.41, 5.74) is 1.78. The van der Waals surface area contributed by atoms with Crippen LogP contribution >= 0.6 is 35.0 Å². The molecule has 1 aliphatic carbocycles. The van der Waals surface area contributed by atoms with Gasteiger partial charge < -0.3 is 15.0 Å². The predicted octanol–water partition coefficient (Wildman–Crippen LogP) is 8.01. The SMILES string of the molecule is CCOc1ccc(N(CC(=O)N(Cc2ccc(Cl)c(Cl)c2)C(Cc2ccccc2)C(=O)NC2CCCC2)S(=O)(=O)c2ccc(SC)cc2)cc1. The van der Waals surface area contributed by atoms with Crippen LogP contribution in [0.2, 0.25) is 10.0 Å². The van der Waals surface area contributed by atoms with Crippen LogP contribution in [0.15, 0.2) is 107 Å². The molecule has 1 saturated carbocycles. The van der Waals surface area contributed by atoms with E-state index in [0.29, 0.717) is 28.0 Å². The molecule has 4 aromatic carbocycles. The lowest BCUT2D eigenvalue weighted by Gasteiger charge is -2.34. The van der Waals surface area contributed by atoms with Crippen LogP contribution in [-0.2, 0) is 32.6 Å². The van der Waals surface area contributed by atoms with Crippen LogP contribution in [0.25, 0.3) is 0 Å². The molecule has 0 aliphatic heterocycles. The summed E-state index contributed by atoms with van der Waals surface area (Å²) < 4.78 is 35.4. The molecular formula is C38H41Cl2N3O5S2. The smallest absolute Gasteiger partial charge is 0.264 e. The third-order valence-corrected chi connectivity index (χ3v) is 11.9. The molecule has 4 aromatic rings. The molecule has 1 fully saturated rings. The maximum Gasteiger partial charge on any atom is 0.264 e. The fourth-order valence-electron chi connectivity index (χ4n) is 6.04. The fourth-order valence-corrected chi connectivity index (χ4v) is 8.18. The molecule has 50 heavy (non-hydrogen) atoms. The van der Waals surface area contributed by atoms with Crippen LogP contribution in [0.1, 0.15) is 43.7 Å². The monoisotopic (exact) mass is 753 g/mol. The van der Waals surface area contributed by atoms with Gasteiger partial charge in [-0.15, -0.1) is 11.8 Å². The molecule has 0 spiro atoms. The number of thioether (sulfide) groups is 1. The van der Waals surface area contributed by atoms with E-state index in [2.05, 4.69) is 5.32 Å². The average Bonchev–Trinajstić information content (AvgIpc) is 3.64. The zero-order valence-corrected chi connectivity index (χ0v) is 31.2. The van der Waals surface area contributed by atoms with Crippen molar-refractivity contribution in [1.82, 2.24) is 10.2 Å². The van der Waals surface area contributed by atoms with E-state index in [9.17, 15) is 18.0 Å². The van der Waals surface area contributed by atoms with Crippen molar-refractivity contribution in [2.24, 2.45) is 0 Å². The second-order valence-corrected chi connectivity index (χ2v) is 15.6. The summed E-state index contributed by atoms with van der Waals surface area (Å²) in [5, 5.41) is 3.84. The van der Waals surface area contributed by atoms with Crippen molar-refractivity contribution in [2.45, 2.75) is 67.4 Å². The molecule has 1 N–H and O–H groups in total. The van der Waals surface area contributed by atoms with E-state index < -0.39 is 28.5 Å². The lowest BCUT2D eigenvalue weighted by molar-refractivity contribution is -0.140. The Balaban J connectivity index is 1.57. The van der Waals surface area contributed by atoms with Gasteiger partial charge in [0.15, 0.2) is 0 Å². The molecule has 2 amide bonds. The highest BCUT2D eigenvalue weighted by Crippen LogP contribution is 2.29. The number of nitrogens with zero attached hydrogens (tertiary/aromatic N) is 2. The molecule has 1 aliphatic rings. The third kappa shape index (κ3) is 9.54. The maximum absolute atomic E-state index is 14.8. The first-order chi connectivity index (χ1) is 24.1. The van der Waals surface area contributed by atoms with Gasteiger partial charge in [0, 0.05) is 23.9 Å². The lowest BCUT2D eigenvalue weighted by Crippen LogP contribution is -2.54. The van der Waals surface area contributed by atoms with Crippen LogP contribution in [0, 0.1) is 0 Å². The van der Waals surface area contributed by atoms with Gasteiger partial charge in [0.2, 0.25) is 11.8 Å². The minimum atomic E-state index is -4.24. The number of ether oxygens (including phenoxy) is 1. The summed E-state index contributed by atoms with van der Waals surface area (Å²) in [7, 11) is -4.24. The molecule has 8 nitrogen and oxygen atoms in total. The molecule has 0 bridgehead atoms. The average molecular weight is 755 g/mol. The van der Waals surface area contributed by atoms with Crippen molar-refractivity contribution in [1.29, 1.82) is 0 Å². The molecular weight excluding hydrogens is 713 g/mol. The zero-order chi connectivity index (χ0) is 35.7. The minimum Gasteiger partial charge on any atom is -0.494 e. The molecule has 264 valence electrons. The van der Waals surface area contributed by atoms with Crippen molar-refractivity contribution >= 4 is 62.5 Å².